The number of halogens is 1. The minimum Gasteiger partial charge on any atom is -0.482 e. The molecule has 3 atom stereocenters. The predicted molar refractivity (Wildman–Crippen MR) is 126 cm³/mol. The van der Waals surface area contributed by atoms with Crippen molar-refractivity contribution in [1.82, 2.24) is 10.2 Å². The minimum absolute atomic E-state index is 0.0329. The van der Waals surface area contributed by atoms with Gasteiger partial charge in [0.05, 0.1) is 6.04 Å². The number of fused-ring (bicyclic) bond motifs is 1. The number of ether oxygens (including phenoxy) is 2. The van der Waals surface area contributed by atoms with E-state index < -0.39 is 0 Å². The number of nitrogens with one attached hydrogen (secondary N) is 1. The largest absolute Gasteiger partial charge is 0.482 e. The van der Waals surface area contributed by atoms with Gasteiger partial charge in [-0.2, -0.15) is 0 Å². The Morgan fingerprint density at radius 3 is 2.66 bits per heavy atom. The SMILES string of the molecule is COCCCNC(=O)CN1C(=O)/C(=C\c2ccc(Cl)cc2)OC2CCC(C(C)(C)C)CC21. The van der Waals surface area contributed by atoms with Gasteiger partial charge in [-0.3, -0.25) is 9.59 Å². The van der Waals surface area contributed by atoms with Gasteiger partial charge in [0.25, 0.3) is 5.91 Å². The topological polar surface area (TPSA) is 67.9 Å². The number of methoxy groups -OCH3 is 1. The first-order valence-corrected chi connectivity index (χ1v) is 11.8. The van der Waals surface area contributed by atoms with Crippen molar-refractivity contribution in [2.45, 2.75) is 58.6 Å². The Labute approximate surface area is 196 Å². The quantitative estimate of drug-likeness (QED) is 0.485. The van der Waals surface area contributed by atoms with Gasteiger partial charge in [-0.15, -0.1) is 0 Å². The fourth-order valence-corrected chi connectivity index (χ4v) is 4.65. The molecule has 0 radical (unpaired) electrons. The molecule has 3 rings (SSSR count). The van der Waals surface area contributed by atoms with E-state index in [1.165, 1.54) is 0 Å². The number of morpholine rings is 1. The summed E-state index contributed by atoms with van der Waals surface area (Å²) < 4.78 is 11.2. The number of hydrogen-bond acceptors (Lipinski definition) is 4. The molecule has 3 unspecified atom stereocenters. The molecule has 1 heterocycles. The molecule has 2 aliphatic rings. The third-order valence-electron chi connectivity index (χ3n) is 6.46. The maximum atomic E-state index is 13.4. The molecule has 1 aliphatic carbocycles. The summed E-state index contributed by atoms with van der Waals surface area (Å²) in [7, 11) is 1.64. The summed E-state index contributed by atoms with van der Waals surface area (Å²) >= 11 is 5.99. The predicted octanol–water partition coefficient (Wildman–Crippen LogP) is 4.28. The van der Waals surface area contributed by atoms with Crippen molar-refractivity contribution in [2.24, 2.45) is 11.3 Å². The molecule has 0 bridgehead atoms. The van der Waals surface area contributed by atoms with E-state index >= 15 is 0 Å². The van der Waals surface area contributed by atoms with E-state index in [0.717, 1.165) is 31.2 Å². The second-order valence-electron chi connectivity index (χ2n) is 9.79. The monoisotopic (exact) mass is 462 g/mol. The van der Waals surface area contributed by atoms with E-state index in [1.807, 2.05) is 12.1 Å². The Kier molecular flexibility index (Phi) is 8.23. The van der Waals surface area contributed by atoms with Gasteiger partial charge >= 0.3 is 0 Å². The summed E-state index contributed by atoms with van der Waals surface area (Å²) in [6.45, 7) is 7.86. The van der Waals surface area contributed by atoms with Crippen LogP contribution < -0.4 is 5.32 Å². The number of benzene rings is 1. The maximum Gasteiger partial charge on any atom is 0.289 e. The Bertz CT molecular complexity index is 831. The number of rotatable bonds is 7. The van der Waals surface area contributed by atoms with Crippen molar-refractivity contribution < 1.29 is 19.1 Å². The van der Waals surface area contributed by atoms with Gasteiger partial charge in [0, 0.05) is 25.3 Å². The van der Waals surface area contributed by atoms with Crippen molar-refractivity contribution in [1.29, 1.82) is 0 Å². The lowest BCUT2D eigenvalue weighted by Gasteiger charge is -2.48. The first kappa shape index (κ1) is 24.6. The molecular weight excluding hydrogens is 428 g/mol. The van der Waals surface area contributed by atoms with Gasteiger partial charge in [-0.25, -0.2) is 0 Å². The van der Waals surface area contributed by atoms with Crippen molar-refractivity contribution in [3.05, 3.63) is 40.6 Å². The number of carbonyl (C=O) groups is 2. The fraction of sp³-hybridized carbons (Fsp3) is 0.600. The van der Waals surface area contributed by atoms with Crippen LogP contribution in [0.3, 0.4) is 0 Å². The standard InChI is InChI=1S/C25H35ClN2O4/c1-25(2,3)18-8-11-21-20(15-18)28(16-23(29)27-12-5-13-31-4)24(30)22(32-21)14-17-6-9-19(26)10-7-17/h6-7,9-10,14,18,20-21H,5,8,11-13,15-16H2,1-4H3,(H,27,29)/b22-14+. The molecule has 1 aromatic carbocycles. The minimum atomic E-state index is -0.234. The Morgan fingerprint density at radius 2 is 2.00 bits per heavy atom. The van der Waals surface area contributed by atoms with Crippen LogP contribution in [0.25, 0.3) is 6.08 Å². The van der Waals surface area contributed by atoms with E-state index in [1.54, 1.807) is 30.2 Å². The van der Waals surface area contributed by atoms with Crippen molar-refractivity contribution in [3.63, 3.8) is 0 Å². The highest BCUT2D eigenvalue weighted by Crippen LogP contribution is 2.42. The van der Waals surface area contributed by atoms with Crippen LogP contribution >= 0.6 is 11.6 Å². The summed E-state index contributed by atoms with van der Waals surface area (Å²) in [5.41, 5.74) is 0.977. The van der Waals surface area contributed by atoms with E-state index in [4.69, 9.17) is 21.1 Å². The summed E-state index contributed by atoms with van der Waals surface area (Å²) in [6, 6.07) is 7.16. The van der Waals surface area contributed by atoms with Gasteiger partial charge in [-0.1, -0.05) is 44.5 Å². The van der Waals surface area contributed by atoms with Crippen LogP contribution in [0, 0.1) is 11.3 Å². The van der Waals surface area contributed by atoms with E-state index in [2.05, 4.69) is 26.1 Å². The number of carbonyl (C=O) groups excluding carboxylic acids is 2. The highest BCUT2D eigenvalue weighted by Gasteiger charge is 2.46. The molecule has 1 aromatic rings. The lowest BCUT2D eigenvalue weighted by Crippen LogP contribution is -2.58. The first-order valence-electron chi connectivity index (χ1n) is 11.4. The lowest BCUT2D eigenvalue weighted by atomic mass is 9.69. The maximum absolute atomic E-state index is 13.4. The van der Waals surface area contributed by atoms with Crippen molar-refractivity contribution in [3.8, 4) is 0 Å². The third kappa shape index (κ3) is 6.26. The van der Waals surface area contributed by atoms with Crippen LogP contribution in [-0.4, -0.2) is 55.7 Å². The fourth-order valence-electron chi connectivity index (χ4n) is 4.53. The molecule has 0 spiro atoms. The van der Waals surface area contributed by atoms with Crippen molar-refractivity contribution in [2.75, 3.05) is 26.8 Å². The van der Waals surface area contributed by atoms with Crippen LogP contribution in [0.5, 0.6) is 0 Å². The van der Waals surface area contributed by atoms with Crippen LogP contribution in [0.4, 0.5) is 0 Å². The zero-order valence-corrected chi connectivity index (χ0v) is 20.3. The first-order chi connectivity index (χ1) is 15.2. The molecule has 6 nitrogen and oxygen atoms in total. The smallest absolute Gasteiger partial charge is 0.289 e. The van der Waals surface area contributed by atoms with Gasteiger partial charge in [0.1, 0.15) is 12.6 Å². The van der Waals surface area contributed by atoms with Crippen LogP contribution in [0.2, 0.25) is 5.02 Å². The molecule has 7 heteroatoms. The highest BCUT2D eigenvalue weighted by molar-refractivity contribution is 6.30. The number of hydrogen-bond donors (Lipinski definition) is 1. The molecule has 176 valence electrons. The van der Waals surface area contributed by atoms with Gasteiger partial charge in [0.2, 0.25) is 5.91 Å². The molecule has 2 amide bonds. The molecule has 2 fully saturated rings. The lowest BCUT2D eigenvalue weighted by molar-refractivity contribution is -0.154. The van der Waals surface area contributed by atoms with Crippen LogP contribution in [0.15, 0.2) is 30.0 Å². The molecule has 1 N–H and O–H groups in total. The second kappa shape index (κ2) is 10.7. The van der Waals surface area contributed by atoms with E-state index in [0.29, 0.717) is 24.1 Å². The molecule has 32 heavy (non-hydrogen) atoms. The summed E-state index contributed by atoms with van der Waals surface area (Å²) in [6.07, 6.45) is 5.12. The Balaban J connectivity index is 1.80. The average molecular weight is 463 g/mol. The second-order valence-corrected chi connectivity index (χ2v) is 10.2. The molecule has 1 saturated carbocycles. The molecule has 1 saturated heterocycles. The molecule has 1 aliphatic heterocycles. The zero-order chi connectivity index (χ0) is 23.3. The molecular formula is C25H35ClN2O4. The van der Waals surface area contributed by atoms with E-state index in [9.17, 15) is 9.59 Å². The van der Waals surface area contributed by atoms with Crippen LogP contribution in [0.1, 0.15) is 52.0 Å². The normalized spacial score (nSPS) is 24.8. The zero-order valence-electron chi connectivity index (χ0n) is 19.5. The van der Waals surface area contributed by atoms with Gasteiger partial charge in [0.15, 0.2) is 5.76 Å². The summed E-state index contributed by atoms with van der Waals surface area (Å²) in [4.78, 5) is 27.8. The van der Waals surface area contributed by atoms with Gasteiger partial charge in [-0.05, 0) is 60.8 Å². The Hall–Kier alpha value is -2.05. The van der Waals surface area contributed by atoms with Crippen molar-refractivity contribution >= 4 is 29.5 Å². The van der Waals surface area contributed by atoms with E-state index in [-0.39, 0.29) is 41.7 Å². The Morgan fingerprint density at radius 1 is 1.28 bits per heavy atom. The highest BCUT2D eigenvalue weighted by atomic mass is 35.5. The van der Waals surface area contributed by atoms with Gasteiger partial charge < -0.3 is 19.7 Å². The summed E-state index contributed by atoms with van der Waals surface area (Å²) in [5, 5.41) is 3.54. The number of amides is 2. The average Bonchev–Trinajstić information content (AvgIpc) is 2.74. The number of nitrogens with zero attached hydrogens (tertiary/aromatic N) is 1. The summed E-state index contributed by atoms with van der Waals surface area (Å²) in [5.74, 6) is 0.366. The third-order valence-corrected chi connectivity index (χ3v) is 6.71. The van der Waals surface area contributed by atoms with Crippen LogP contribution in [-0.2, 0) is 19.1 Å². The molecule has 0 aromatic heterocycles.